The van der Waals surface area contributed by atoms with E-state index in [9.17, 15) is 14.9 Å². The van der Waals surface area contributed by atoms with Gasteiger partial charge in [-0.15, -0.1) is 0 Å². The van der Waals surface area contributed by atoms with Gasteiger partial charge in [-0.2, -0.15) is 0 Å². The molecule has 0 radical (unpaired) electrons. The highest BCUT2D eigenvalue weighted by atomic mass is 16.6. The van der Waals surface area contributed by atoms with E-state index in [0.717, 1.165) is 18.4 Å². The Labute approximate surface area is 146 Å². The van der Waals surface area contributed by atoms with Crippen LogP contribution in [0.1, 0.15) is 25.3 Å². The maximum absolute atomic E-state index is 12.1. The molecule has 25 heavy (non-hydrogen) atoms. The first-order valence-corrected chi connectivity index (χ1v) is 8.06. The van der Waals surface area contributed by atoms with Crippen LogP contribution < -0.4 is 10.1 Å². The predicted molar refractivity (Wildman–Crippen MR) is 97.6 cm³/mol. The Hall–Kier alpha value is -3.15. The number of hydrogen-bond acceptors (Lipinski definition) is 4. The smallest absolute Gasteiger partial charge is 0.292 e. The minimum Gasteiger partial charge on any atom is -0.493 e. The van der Waals surface area contributed by atoms with Gasteiger partial charge < -0.3 is 10.1 Å². The van der Waals surface area contributed by atoms with Crippen LogP contribution in [0, 0.1) is 10.1 Å². The molecule has 2 aromatic rings. The summed E-state index contributed by atoms with van der Waals surface area (Å²) < 4.78 is 5.71. The number of nitro benzene ring substituents is 1. The Morgan fingerprint density at radius 2 is 1.92 bits per heavy atom. The fourth-order valence-electron chi connectivity index (χ4n) is 2.15. The molecule has 0 aliphatic rings. The van der Waals surface area contributed by atoms with Crippen molar-refractivity contribution in [3.63, 3.8) is 0 Å². The van der Waals surface area contributed by atoms with Crippen molar-refractivity contribution in [2.45, 2.75) is 19.8 Å². The average Bonchev–Trinajstić information content (AvgIpc) is 2.61. The summed E-state index contributed by atoms with van der Waals surface area (Å²) in [7, 11) is 0. The number of unbranched alkanes of at least 4 members (excludes halogenated alkanes) is 1. The van der Waals surface area contributed by atoms with E-state index in [2.05, 4.69) is 12.2 Å². The van der Waals surface area contributed by atoms with Crippen LogP contribution in [0.25, 0.3) is 6.08 Å². The van der Waals surface area contributed by atoms with Gasteiger partial charge in [-0.1, -0.05) is 43.7 Å². The van der Waals surface area contributed by atoms with Crippen molar-refractivity contribution in [3.05, 3.63) is 70.3 Å². The topological polar surface area (TPSA) is 81.5 Å². The Morgan fingerprint density at radius 1 is 1.20 bits per heavy atom. The second-order valence-electron chi connectivity index (χ2n) is 5.34. The first-order chi connectivity index (χ1) is 12.1. The van der Waals surface area contributed by atoms with E-state index in [0.29, 0.717) is 12.4 Å². The van der Waals surface area contributed by atoms with Gasteiger partial charge in [-0.3, -0.25) is 14.9 Å². The third-order valence-electron chi connectivity index (χ3n) is 3.45. The number of ether oxygens (including phenoxy) is 1. The van der Waals surface area contributed by atoms with Gasteiger partial charge in [0, 0.05) is 17.7 Å². The van der Waals surface area contributed by atoms with E-state index < -0.39 is 10.8 Å². The number of rotatable bonds is 8. The molecule has 2 aromatic carbocycles. The first kappa shape index (κ1) is 18.2. The minimum absolute atomic E-state index is 0.146. The summed E-state index contributed by atoms with van der Waals surface area (Å²) in [4.78, 5) is 22.5. The molecule has 2 rings (SSSR count). The Morgan fingerprint density at radius 3 is 2.68 bits per heavy atom. The molecule has 0 aliphatic heterocycles. The van der Waals surface area contributed by atoms with Crippen molar-refractivity contribution in [3.8, 4) is 5.75 Å². The molecular formula is C19H20N2O4. The monoisotopic (exact) mass is 340 g/mol. The van der Waals surface area contributed by atoms with Crippen LogP contribution >= 0.6 is 0 Å². The third kappa shape index (κ3) is 5.46. The molecule has 0 saturated carbocycles. The quantitative estimate of drug-likeness (QED) is 0.334. The molecule has 6 heteroatoms. The van der Waals surface area contributed by atoms with Gasteiger partial charge in [0.2, 0.25) is 5.91 Å². The number of nitrogens with zero attached hydrogens (tertiary/aromatic N) is 1. The highest BCUT2D eigenvalue weighted by Crippen LogP contribution is 2.23. The van der Waals surface area contributed by atoms with Crippen molar-refractivity contribution >= 4 is 23.4 Å². The number of para-hydroxylation sites is 3. The number of amides is 1. The standard InChI is InChI=1S/C19H20N2O4/c1-2-3-14-25-18-11-7-4-8-15(18)12-13-19(22)20-16-9-5-6-10-17(16)21(23)24/h4-13H,2-3,14H2,1H3,(H,20,22)/b13-12+. The van der Waals surface area contributed by atoms with E-state index in [1.807, 2.05) is 24.3 Å². The summed E-state index contributed by atoms with van der Waals surface area (Å²) in [5.74, 6) is 0.253. The van der Waals surface area contributed by atoms with Gasteiger partial charge in [0.15, 0.2) is 0 Å². The maximum atomic E-state index is 12.1. The highest BCUT2D eigenvalue weighted by Gasteiger charge is 2.13. The molecule has 1 N–H and O–H groups in total. The molecule has 0 spiro atoms. The second-order valence-corrected chi connectivity index (χ2v) is 5.34. The lowest BCUT2D eigenvalue weighted by Crippen LogP contribution is -2.09. The molecule has 6 nitrogen and oxygen atoms in total. The lowest BCUT2D eigenvalue weighted by atomic mass is 10.2. The summed E-state index contributed by atoms with van der Waals surface area (Å²) in [5.41, 5.74) is 0.790. The van der Waals surface area contributed by atoms with Crippen LogP contribution in [0.2, 0.25) is 0 Å². The summed E-state index contributed by atoms with van der Waals surface area (Å²) in [6.45, 7) is 2.70. The number of benzene rings is 2. The molecule has 0 saturated heterocycles. The molecule has 0 bridgehead atoms. The van der Waals surface area contributed by atoms with Gasteiger partial charge in [-0.05, 0) is 24.6 Å². The summed E-state index contributed by atoms with van der Waals surface area (Å²) in [6.07, 6.45) is 4.95. The molecule has 0 fully saturated rings. The lowest BCUT2D eigenvalue weighted by molar-refractivity contribution is -0.383. The number of nitrogens with one attached hydrogen (secondary N) is 1. The molecule has 0 aromatic heterocycles. The normalized spacial score (nSPS) is 10.6. The van der Waals surface area contributed by atoms with Crippen LogP contribution in [0.4, 0.5) is 11.4 Å². The number of carbonyl (C=O) groups excluding carboxylic acids is 1. The highest BCUT2D eigenvalue weighted by molar-refractivity contribution is 6.03. The predicted octanol–water partition coefficient (Wildman–Crippen LogP) is 4.43. The Kier molecular flexibility index (Phi) is 6.71. The zero-order chi connectivity index (χ0) is 18.1. The average molecular weight is 340 g/mol. The van der Waals surface area contributed by atoms with E-state index in [-0.39, 0.29) is 11.4 Å². The molecular weight excluding hydrogens is 320 g/mol. The van der Waals surface area contributed by atoms with Crippen molar-refractivity contribution in [1.29, 1.82) is 0 Å². The molecule has 0 aliphatic carbocycles. The van der Waals surface area contributed by atoms with Gasteiger partial charge >= 0.3 is 0 Å². The molecule has 0 unspecified atom stereocenters. The van der Waals surface area contributed by atoms with E-state index >= 15 is 0 Å². The zero-order valence-electron chi connectivity index (χ0n) is 14.0. The number of nitro groups is 1. The van der Waals surface area contributed by atoms with E-state index in [1.54, 1.807) is 18.2 Å². The second kappa shape index (κ2) is 9.22. The van der Waals surface area contributed by atoms with Gasteiger partial charge in [0.1, 0.15) is 11.4 Å². The van der Waals surface area contributed by atoms with Crippen LogP contribution in [-0.2, 0) is 4.79 Å². The minimum atomic E-state index is -0.532. The summed E-state index contributed by atoms with van der Waals surface area (Å²) in [5, 5.41) is 13.5. The van der Waals surface area contributed by atoms with Gasteiger partial charge in [-0.25, -0.2) is 0 Å². The molecule has 0 heterocycles. The molecule has 0 atom stereocenters. The maximum Gasteiger partial charge on any atom is 0.292 e. The fourth-order valence-corrected chi connectivity index (χ4v) is 2.15. The largest absolute Gasteiger partial charge is 0.493 e. The number of carbonyl (C=O) groups is 1. The van der Waals surface area contributed by atoms with Crippen LogP contribution in [-0.4, -0.2) is 17.4 Å². The third-order valence-corrected chi connectivity index (χ3v) is 3.45. The molecule has 130 valence electrons. The van der Waals surface area contributed by atoms with Crippen LogP contribution in [0.5, 0.6) is 5.75 Å². The first-order valence-electron chi connectivity index (χ1n) is 8.06. The number of anilines is 1. The van der Waals surface area contributed by atoms with Crippen molar-refractivity contribution in [2.24, 2.45) is 0 Å². The van der Waals surface area contributed by atoms with Crippen LogP contribution in [0.3, 0.4) is 0 Å². The van der Waals surface area contributed by atoms with Gasteiger partial charge in [0.25, 0.3) is 5.69 Å². The molecule has 1 amide bonds. The van der Waals surface area contributed by atoms with E-state index in [1.165, 1.54) is 18.2 Å². The van der Waals surface area contributed by atoms with Crippen molar-refractivity contribution < 1.29 is 14.5 Å². The van der Waals surface area contributed by atoms with Crippen molar-refractivity contribution in [1.82, 2.24) is 0 Å². The van der Waals surface area contributed by atoms with E-state index in [4.69, 9.17) is 4.74 Å². The van der Waals surface area contributed by atoms with Crippen molar-refractivity contribution in [2.75, 3.05) is 11.9 Å². The Balaban J connectivity index is 2.07. The lowest BCUT2D eigenvalue weighted by Gasteiger charge is -2.08. The Bertz CT molecular complexity index is 772. The summed E-state index contributed by atoms with van der Waals surface area (Å²) >= 11 is 0. The zero-order valence-corrected chi connectivity index (χ0v) is 14.0. The number of hydrogen-bond donors (Lipinski definition) is 1. The van der Waals surface area contributed by atoms with Crippen LogP contribution in [0.15, 0.2) is 54.6 Å². The summed E-state index contributed by atoms with van der Waals surface area (Å²) in [6, 6.07) is 13.4. The van der Waals surface area contributed by atoms with Gasteiger partial charge in [0.05, 0.1) is 11.5 Å². The fraction of sp³-hybridized carbons (Fsp3) is 0.211. The SMILES string of the molecule is CCCCOc1ccccc1/C=C/C(=O)Nc1ccccc1[N+](=O)[O-].